The summed E-state index contributed by atoms with van der Waals surface area (Å²) >= 11 is 1.43. The SMILES string of the molecule is COC(=O)c1ccc(CSCC(=O)Nc2cccc(S(=O)(=O)N3CCCCCC3)c2)cc1. The van der Waals surface area contributed by atoms with Crippen LogP contribution in [0, 0.1) is 0 Å². The normalized spacial score (nSPS) is 15.0. The molecule has 7 nitrogen and oxygen atoms in total. The highest BCUT2D eigenvalue weighted by Gasteiger charge is 2.25. The van der Waals surface area contributed by atoms with Gasteiger partial charge in [-0.15, -0.1) is 11.8 Å². The van der Waals surface area contributed by atoms with Crippen LogP contribution in [-0.4, -0.2) is 50.6 Å². The van der Waals surface area contributed by atoms with Crippen molar-refractivity contribution < 1.29 is 22.7 Å². The van der Waals surface area contributed by atoms with Crippen LogP contribution >= 0.6 is 11.8 Å². The van der Waals surface area contributed by atoms with E-state index in [-0.39, 0.29) is 22.5 Å². The first-order chi connectivity index (χ1) is 15.4. The summed E-state index contributed by atoms with van der Waals surface area (Å²) in [6, 6.07) is 13.5. The van der Waals surface area contributed by atoms with Gasteiger partial charge in [0, 0.05) is 24.5 Å². The molecule has 9 heteroatoms. The second-order valence-electron chi connectivity index (χ2n) is 7.58. The first kappa shape index (κ1) is 24.3. The summed E-state index contributed by atoms with van der Waals surface area (Å²) in [6.07, 6.45) is 3.85. The zero-order valence-corrected chi connectivity index (χ0v) is 19.7. The summed E-state index contributed by atoms with van der Waals surface area (Å²) in [5.74, 6) is 0.245. The van der Waals surface area contributed by atoms with Crippen LogP contribution in [0.3, 0.4) is 0 Å². The molecule has 1 aliphatic heterocycles. The molecule has 1 aliphatic rings. The van der Waals surface area contributed by atoms with Crippen LogP contribution in [0.15, 0.2) is 53.4 Å². The monoisotopic (exact) mass is 476 g/mol. The van der Waals surface area contributed by atoms with Crippen LogP contribution in [0.2, 0.25) is 0 Å². The van der Waals surface area contributed by atoms with Gasteiger partial charge in [-0.1, -0.05) is 31.0 Å². The summed E-state index contributed by atoms with van der Waals surface area (Å²) < 4.78 is 32.2. The number of hydrogen-bond acceptors (Lipinski definition) is 6. The highest BCUT2D eigenvalue weighted by atomic mass is 32.2. The molecule has 0 atom stereocenters. The summed E-state index contributed by atoms with van der Waals surface area (Å²) in [4.78, 5) is 24.0. The molecule has 1 N–H and O–H groups in total. The van der Waals surface area contributed by atoms with Crippen LogP contribution in [0.25, 0.3) is 0 Å². The lowest BCUT2D eigenvalue weighted by atomic mass is 10.1. The van der Waals surface area contributed by atoms with Gasteiger partial charge in [0.2, 0.25) is 15.9 Å². The molecule has 0 spiro atoms. The Labute approximate surface area is 193 Å². The molecule has 0 saturated carbocycles. The van der Waals surface area contributed by atoms with E-state index in [0.29, 0.717) is 30.1 Å². The molecule has 0 bridgehead atoms. The van der Waals surface area contributed by atoms with E-state index >= 15 is 0 Å². The number of carbonyl (C=O) groups excluding carboxylic acids is 2. The smallest absolute Gasteiger partial charge is 0.337 e. The number of rotatable bonds is 8. The molecular weight excluding hydrogens is 448 g/mol. The number of anilines is 1. The predicted octanol–water partition coefficient (Wildman–Crippen LogP) is 3.91. The van der Waals surface area contributed by atoms with E-state index in [9.17, 15) is 18.0 Å². The van der Waals surface area contributed by atoms with Crippen molar-refractivity contribution in [2.75, 3.05) is 31.3 Å². The Morgan fingerprint density at radius 2 is 1.72 bits per heavy atom. The number of benzene rings is 2. The Balaban J connectivity index is 1.53. The maximum Gasteiger partial charge on any atom is 0.337 e. The van der Waals surface area contributed by atoms with Gasteiger partial charge in [-0.3, -0.25) is 4.79 Å². The van der Waals surface area contributed by atoms with Crippen molar-refractivity contribution in [1.29, 1.82) is 0 Å². The molecule has 1 amide bonds. The van der Waals surface area contributed by atoms with E-state index in [4.69, 9.17) is 0 Å². The Morgan fingerprint density at radius 1 is 1.03 bits per heavy atom. The lowest BCUT2D eigenvalue weighted by molar-refractivity contribution is -0.113. The number of esters is 1. The molecule has 32 heavy (non-hydrogen) atoms. The van der Waals surface area contributed by atoms with E-state index in [0.717, 1.165) is 31.2 Å². The zero-order chi connectivity index (χ0) is 23.0. The number of carbonyl (C=O) groups is 2. The van der Waals surface area contributed by atoms with E-state index in [1.807, 2.05) is 12.1 Å². The van der Waals surface area contributed by atoms with Gasteiger partial charge in [-0.05, 0) is 48.7 Å². The van der Waals surface area contributed by atoms with Crippen LogP contribution in [0.5, 0.6) is 0 Å². The third-order valence-corrected chi connectivity index (χ3v) is 8.10. The lowest BCUT2D eigenvalue weighted by Gasteiger charge is -2.20. The van der Waals surface area contributed by atoms with Gasteiger partial charge in [-0.25, -0.2) is 13.2 Å². The highest BCUT2D eigenvalue weighted by Crippen LogP contribution is 2.23. The molecule has 0 aliphatic carbocycles. The molecule has 2 aromatic carbocycles. The molecule has 0 radical (unpaired) electrons. The average Bonchev–Trinajstić information content (AvgIpc) is 3.09. The van der Waals surface area contributed by atoms with Crippen LogP contribution in [-0.2, 0) is 25.3 Å². The molecule has 1 saturated heterocycles. The zero-order valence-electron chi connectivity index (χ0n) is 18.1. The van der Waals surface area contributed by atoms with Gasteiger partial charge in [0.05, 0.1) is 23.3 Å². The molecule has 3 rings (SSSR count). The largest absolute Gasteiger partial charge is 0.465 e. The van der Waals surface area contributed by atoms with Crippen molar-refractivity contribution in [3.05, 3.63) is 59.7 Å². The van der Waals surface area contributed by atoms with Crippen molar-refractivity contribution in [3.63, 3.8) is 0 Å². The molecule has 0 unspecified atom stereocenters. The highest BCUT2D eigenvalue weighted by molar-refractivity contribution is 7.99. The van der Waals surface area contributed by atoms with Gasteiger partial charge in [0.15, 0.2) is 0 Å². The van der Waals surface area contributed by atoms with E-state index in [1.54, 1.807) is 34.6 Å². The number of methoxy groups -OCH3 is 1. The summed E-state index contributed by atoms with van der Waals surface area (Å²) in [7, 11) is -2.23. The summed E-state index contributed by atoms with van der Waals surface area (Å²) in [6.45, 7) is 1.08. The fourth-order valence-electron chi connectivity index (χ4n) is 3.48. The number of hydrogen-bond donors (Lipinski definition) is 1. The minimum Gasteiger partial charge on any atom is -0.465 e. The third-order valence-electron chi connectivity index (χ3n) is 5.20. The van der Waals surface area contributed by atoms with E-state index in [1.165, 1.54) is 24.9 Å². The van der Waals surface area contributed by atoms with E-state index in [2.05, 4.69) is 10.1 Å². The predicted molar refractivity (Wildman–Crippen MR) is 126 cm³/mol. The number of nitrogens with zero attached hydrogens (tertiary/aromatic N) is 1. The number of sulfonamides is 1. The summed E-state index contributed by atoms with van der Waals surface area (Å²) in [5.41, 5.74) is 1.93. The summed E-state index contributed by atoms with van der Waals surface area (Å²) in [5, 5.41) is 2.78. The van der Waals surface area contributed by atoms with Crippen molar-refractivity contribution in [2.45, 2.75) is 36.3 Å². The molecule has 0 aromatic heterocycles. The molecule has 1 fully saturated rings. The topological polar surface area (TPSA) is 92.8 Å². The van der Waals surface area contributed by atoms with Gasteiger partial charge >= 0.3 is 5.97 Å². The van der Waals surface area contributed by atoms with Gasteiger partial charge in [-0.2, -0.15) is 4.31 Å². The van der Waals surface area contributed by atoms with E-state index < -0.39 is 10.0 Å². The van der Waals surface area contributed by atoms with Crippen LogP contribution < -0.4 is 5.32 Å². The average molecular weight is 477 g/mol. The van der Waals surface area contributed by atoms with Crippen molar-refractivity contribution in [1.82, 2.24) is 4.31 Å². The second kappa shape index (κ2) is 11.5. The third kappa shape index (κ3) is 6.57. The van der Waals surface area contributed by atoms with Gasteiger partial charge < -0.3 is 10.1 Å². The minimum atomic E-state index is -3.56. The lowest BCUT2D eigenvalue weighted by Crippen LogP contribution is -2.32. The quantitative estimate of drug-likeness (QED) is 0.581. The van der Waals surface area contributed by atoms with Crippen molar-refractivity contribution in [3.8, 4) is 0 Å². The molecule has 1 heterocycles. The maximum atomic E-state index is 13.0. The molecule has 2 aromatic rings. The number of thioether (sulfide) groups is 1. The standard InChI is InChI=1S/C23H28N2O5S2/c1-30-23(27)19-11-9-18(10-12-19)16-31-17-22(26)24-20-7-6-8-21(15-20)32(28,29)25-13-4-2-3-5-14-25/h6-12,15H,2-5,13-14,16-17H2,1H3,(H,24,26). The van der Waals surface area contributed by atoms with Crippen molar-refractivity contribution >= 4 is 39.3 Å². The van der Waals surface area contributed by atoms with Crippen LogP contribution in [0.1, 0.15) is 41.6 Å². The Morgan fingerprint density at radius 3 is 2.38 bits per heavy atom. The number of ether oxygens (including phenoxy) is 1. The second-order valence-corrected chi connectivity index (χ2v) is 10.5. The van der Waals surface area contributed by atoms with Crippen molar-refractivity contribution in [2.24, 2.45) is 0 Å². The van der Waals surface area contributed by atoms with Crippen LogP contribution in [0.4, 0.5) is 5.69 Å². The number of amides is 1. The first-order valence-corrected chi connectivity index (χ1v) is 13.1. The maximum absolute atomic E-state index is 13.0. The Hall–Kier alpha value is -2.36. The number of nitrogens with one attached hydrogen (secondary N) is 1. The fourth-order valence-corrected chi connectivity index (χ4v) is 5.83. The van der Waals surface area contributed by atoms with Gasteiger partial charge in [0.1, 0.15) is 0 Å². The minimum absolute atomic E-state index is 0.203. The van der Waals surface area contributed by atoms with Gasteiger partial charge in [0.25, 0.3) is 0 Å². The Bertz CT molecular complexity index is 1030. The molecular formula is C23H28N2O5S2. The fraction of sp³-hybridized carbons (Fsp3) is 0.391. The first-order valence-electron chi connectivity index (χ1n) is 10.6. The molecule has 172 valence electrons. The Kier molecular flexibility index (Phi) is 8.72.